The van der Waals surface area contributed by atoms with Crippen molar-refractivity contribution >= 4 is 11.9 Å². The number of esters is 2. The number of ether oxygens (including phenoxy) is 3. The zero-order chi connectivity index (χ0) is 21.8. The number of hydrogen-bond donors (Lipinski definition) is 1. The minimum absolute atomic E-state index is 0.0315. The SMILES string of the molecule is C=C[C@H]1OC(=O)C[C@@H]2O[C@H](CC#C[C@H](C)C[C@@H](O)C1(C)C)C[C@H](OC(C)=O)[C@H]2C. The van der Waals surface area contributed by atoms with E-state index < -0.39 is 29.7 Å². The molecule has 1 saturated heterocycles. The molecular formula is C23H34O6. The Kier molecular flexibility index (Phi) is 7.90. The van der Waals surface area contributed by atoms with E-state index in [1.54, 1.807) is 6.08 Å². The average Bonchev–Trinajstić information content (AvgIpc) is 2.62. The number of carbonyl (C=O) groups excluding carboxylic acids is 2. The lowest BCUT2D eigenvalue weighted by atomic mass is 9.77. The number of aliphatic hydroxyl groups is 1. The molecule has 0 aromatic rings. The van der Waals surface area contributed by atoms with Crippen LogP contribution in [0.25, 0.3) is 0 Å². The van der Waals surface area contributed by atoms with Gasteiger partial charge >= 0.3 is 11.9 Å². The van der Waals surface area contributed by atoms with E-state index >= 15 is 0 Å². The fraction of sp³-hybridized carbons (Fsp3) is 0.739. The molecule has 162 valence electrons. The maximum absolute atomic E-state index is 12.7. The highest BCUT2D eigenvalue weighted by Gasteiger charge is 2.41. The molecule has 1 N–H and O–H groups in total. The molecule has 2 rings (SSSR count). The molecule has 2 bridgehead atoms. The van der Waals surface area contributed by atoms with Crippen molar-refractivity contribution in [3.8, 4) is 11.8 Å². The highest BCUT2D eigenvalue weighted by atomic mass is 16.6. The molecule has 0 aliphatic carbocycles. The second-order valence-electron chi connectivity index (χ2n) is 8.89. The van der Waals surface area contributed by atoms with Gasteiger partial charge in [-0.25, -0.2) is 0 Å². The number of carbonyl (C=O) groups is 2. The van der Waals surface area contributed by atoms with Gasteiger partial charge in [0.2, 0.25) is 0 Å². The lowest BCUT2D eigenvalue weighted by molar-refractivity contribution is -0.179. The first-order chi connectivity index (χ1) is 13.5. The monoisotopic (exact) mass is 406 g/mol. The van der Waals surface area contributed by atoms with Crippen molar-refractivity contribution in [1.29, 1.82) is 0 Å². The van der Waals surface area contributed by atoms with E-state index in [2.05, 4.69) is 18.4 Å². The van der Waals surface area contributed by atoms with Crippen LogP contribution in [0, 0.1) is 29.1 Å². The van der Waals surface area contributed by atoms with E-state index in [0.717, 1.165) is 0 Å². The summed E-state index contributed by atoms with van der Waals surface area (Å²) in [6, 6.07) is 0. The van der Waals surface area contributed by atoms with Crippen LogP contribution in [0.4, 0.5) is 0 Å². The third-order valence-electron chi connectivity index (χ3n) is 6.04. The van der Waals surface area contributed by atoms with Crippen molar-refractivity contribution in [2.75, 3.05) is 0 Å². The molecular weight excluding hydrogens is 372 g/mol. The molecule has 0 amide bonds. The van der Waals surface area contributed by atoms with Gasteiger partial charge in [0.25, 0.3) is 0 Å². The first-order valence-corrected chi connectivity index (χ1v) is 10.4. The van der Waals surface area contributed by atoms with Gasteiger partial charge < -0.3 is 19.3 Å². The quantitative estimate of drug-likeness (QED) is 0.431. The number of rotatable bonds is 2. The molecule has 6 heteroatoms. The maximum Gasteiger partial charge on any atom is 0.309 e. The summed E-state index contributed by atoms with van der Waals surface area (Å²) in [5.74, 6) is 5.39. The van der Waals surface area contributed by atoms with Crippen LogP contribution in [0.15, 0.2) is 12.7 Å². The minimum atomic E-state index is -0.709. The first-order valence-electron chi connectivity index (χ1n) is 10.4. The van der Waals surface area contributed by atoms with Crippen LogP contribution in [0.2, 0.25) is 0 Å². The van der Waals surface area contributed by atoms with Gasteiger partial charge in [0.1, 0.15) is 12.2 Å². The molecule has 7 atom stereocenters. The fourth-order valence-corrected chi connectivity index (χ4v) is 3.97. The molecule has 0 aromatic carbocycles. The molecule has 0 aromatic heterocycles. The van der Waals surface area contributed by atoms with E-state index in [4.69, 9.17) is 14.2 Å². The zero-order valence-electron chi connectivity index (χ0n) is 18.1. The summed E-state index contributed by atoms with van der Waals surface area (Å²) in [4.78, 5) is 24.2. The molecule has 2 aliphatic heterocycles. The number of hydrogen-bond acceptors (Lipinski definition) is 6. The summed E-state index contributed by atoms with van der Waals surface area (Å²) in [6.07, 6.45) is 0.733. The Bertz CT molecular complexity index is 673. The molecule has 0 saturated carbocycles. The van der Waals surface area contributed by atoms with Crippen molar-refractivity contribution < 1.29 is 28.9 Å². The smallest absolute Gasteiger partial charge is 0.309 e. The van der Waals surface area contributed by atoms with Gasteiger partial charge in [-0.3, -0.25) is 9.59 Å². The van der Waals surface area contributed by atoms with Gasteiger partial charge in [-0.1, -0.05) is 40.3 Å². The van der Waals surface area contributed by atoms with Crippen LogP contribution in [0.1, 0.15) is 60.3 Å². The van der Waals surface area contributed by atoms with Gasteiger partial charge in [-0.2, -0.15) is 0 Å². The van der Waals surface area contributed by atoms with Crippen LogP contribution in [-0.2, 0) is 23.8 Å². The Labute approximate surface area is 174 Å². The fourth-order valence-electron chi connectivity index (χ4n) is 3.97. The van der Waals surface area contributed by atoms with Crippen LogP contribution in [0.5, 0.6) is 0 Å². The van der Waals surface area contributed by atoms with E-state index in [9.17, 15) is 14.7 Å². The molecule has 0 radical (unpaired) electrons. The molecule has 2 aliphatic rings. The Morgan fingerprint density at radius 3 is 2.66 bits per heavy atom. The van der Waals surface area contributed by atoms with Crippen LogP contribution >= 0.6 is 0 Å². The van der Waals surface area contributed by atoms with Crippen molar-refractivity contribution in [2.24, 2.45) is 17.3 Å². The molecule has 2 heterocycles. The van der Waals surface area contributed by atoms with E-state index in [1.807, 2.05) is 27.7 Å². The zero-order valence-corrected chi connectivity index (χ0v) is 18.1. The summed E-state index contributed by atoms with van der Waals surface area (Å²) in [7, 11) is 0. The number of fused-ring (bicyclic) bond motifs is 2. The van der Waals surface area contributed by atoms with Crippen LogP contribution < -0.4 is 0 Å². The van der Waals surface area contributed by atoms with Gasteiger partial charge in [-0.15, -0.1) is 11.8 Å². The average molecular weight is 407 g/mol. The highest BCUT2D eigenvalue weighted by Crippen LogP contribution is 2.35. The summed E-state index contributed by atoms with van der Waals surface area (Å²) in [5, 5.41) is 10.7. The number of aliphatic hydroxyl groups excluding tert-OH is 1. The molecule has 6 nitrogen and oxygen atoms in total. The molecule has 29 heavy (non-hydrogen) atoms. The third-order valence-corrected chi connectivity index (χ3v) is 6.04. The summed E-state index contributed by atoms with van der Waals surface area (Å²) in [5.41, 5.74) is -0.709. The standard InChI is InChI=1S/C23H34O6/c1-7-21-23(5,6)20(25)11-14(2)9-8-10-17-12-18(27-16(4)24)15(3)19(28-17)13-22(26)29-21/h7,14-15,17-21,25H,1,10-13H2,2-6H3/t14-,15+,17+,18-,19-,20+,21+/m0/s1. The lowest BCUT2D eigenvalue weighted by Gasteiger charge is -2.40. The second kappa shape index (κ2) is 9.77. The third kappa shape index (κ3) is 6.07. The van der Waals surface area contributed by atoms with Crippen LogP contribution in [0.3, 0.4) is 0 Å². The summed E-state index contributed by atoms with van der Waals surface area (Å²) >= 11 is 0. The van der Waals surface area contributed by atoms with Gasteiger partial charge in [0, 0.05) is 37.0 Å². The van der Waals surface area contributed by atoms with Crippen molar-refractivity contribution in [2.45, 2.75) is 90.8 Å². The van der Waals surface area contributed by atoms with E-state index in [0.29, 0.717) is 19.3 Å². The Hall–Kier alpha value is -1.84. The summed E-state index contributed by atoms with van der Waals surface area (Å²) in [6.45, 7) is 12.8. The van der Waals surface area contributed by atoms with Gasteiger partial charge in [0.15, 0.2) is 0 Å². The second-order valence-corrected chi connectivity index (χ2v) is 8.89. The molecule has 0 spiro atoms. The van der Waals surface area contributed by atoms with Crippen molar-refractivity contribution in [1.82, 2.24) is 0 Å². The lowest BCUT2D eigenvalue weighted by Crippen LogP contribution is -2.47. The first kappa shape index (κ1) is 23.4. The highest BCUT2D eigenvalue weighted by molar-refractivity contribution is 5.70. The minimum Gasteiger partial charge on any atom is -0.462 e. The van der Waals surface area contributed by atoms with E-state index in [1.165, 1.54) is 6.92 Å². The Balaban J connectivity index is 2.31. The maximum atomic E-state index is 12.7. The van der Waals surface area contributed by atoms with Gasteiger partial charge in [0.05, 0.1) is 24.7 Å². The van der Waals surface area contributed by atoms with Crippen molar-refractivity contribution in [3.63, 3.8) is 0 Å². The molecule has 0 unspecified atom stereocenters. The molecule has 1 fully saturated rings. The summed E-state index contributed by atoms with van der Waals surface area (Å²) < 4.78 is 17.3. The Morgan fingerprint density at radius 2 is 2.03 bits per heavy atom. The number of cyclic esters (lactones) is 1. The topological polar surface area (TPSA) is 82.1 Å². The van der Waals surface area contributed by atoms with E-state index in [-0.39, 0.29) is 36.4 Å². The largest absolute Gasteiger partial charge is 0.462 e. The normalized spacial score (nSPS) is 37.9. The van der Waals surface area contributed by atoms with Gasteiger partial charge in [-0.05, 0) is 6.42 Å². The van der Waals surface area contributed by atoms with Crippen LogP contribution in [-0.4, -0.2) is 47.6 Å². The van der Waals surface area contributed by atoms with Crippen molar-refractivity contribution in [3.05, 3.63) is 12.7 Å². The Morgan fingerprint density at radius 1 is 1.34 bits per heavy atom. The predicted molar refractivity (Wildman–Crippen MR) is 109 cm³/mol. The predicted octanol–water partition coefficient (Wildman–Crippen LogP) is 3.02.